The molecule has 0 aliphatic carbocycles. The van der Waals surface area contributed by atoms with Gasteiger partial charge in [-0.1, -0.05) is 32.1 Å². The molecule has 1 heterocycles. The Labute approximate surface area is 119 Å². The monoisotopic (exact) mass is 284 g/mol. The van der Waals surface area contributed by atoms with Gasteiger partial charge in [-0.2, -0.15) is 0 Å². The molecule has 0 atom stereocenters. The van der Waals surface area contributed by atoms with Crippen LogP contribution in [0.2, 0.25) is 0 Å². The van der Waals surface area contributed by atoms with E-state index >= 15 is 0 Å². The van der Waals surface area contributed by atoms with E-state index in [-0.39, 0.29) is 22.7 Å². The Morgan fingerprint density at radius 3 is 2.32 bits per heavy atom. The lowest BCUT2D eigenvalue weighted by Gasteiger charge is -2.19. The zero-order chi connectivity index (χ0) is 14.8. The van der Waals surface area contributed by atoms with Crippen molar-refractivity contribution in [3.05, 3.63) is 4.88 Å². The molecule has 0 saturated carbocycles. The summed E-state index contributed by atoms with van der Waals surface area (Å²) in [7, 11) is 0. The van der Waals surface area contributed by atoms with Crippen molar-refractivity contribution in [2.75, 3.05) is 17.6 Å². The number of carbonyl (C=O) groups excluding carboxylic acids is 1. The second-order valence-electron chi connectivity index (χ2n) is 6.85. The Bertz CT molecular complexity index is 454. The van der Waals surface area contributed by atoms with Gasteiger partial charge in [0.05, 0.1) is 0 Å². The third kappa shape index (κ3) is 5.46. The average Bonchev–Trinajstić information content (AvgIpc) is 2.52. The molecule has 0 aromatic carbocycles. The SMILES string of the molecule is CC(C)(C)CNC(=O)c1sc(NC(C)(C)C)nc1N. The predicted octanol–water partition coefficient (Wildman–Crippen LogP) is 2.71. The molecule has 5 nitrogen and oxygen atoms in total. The van der Waals surface area contributed by atoms with Crippen molar-refractivity contribution >= 4 is 28.2 Å². The molecule has 0 saturated heterocycles. The lowest BCUT2D eigenvalue weighted by atomic mass is 9.97. The van der Waals surface area contributed by atoms with Crippen molar-refractivity contribution in [2.24, 2.45) is 5.41 Å². The van der Waals surface area contributed by atoms with Gasteiger partial charge >= 0.3 is 0 Å². The van der Waals surface area contributed by atoms with Crippen molar-refractivity contribution in [2.45, 2.75) is 47.1 Å². The molecule has 1 aromatic heterocycles. The fourth-order valence-electron chi connectivity index (χ4n) is 1.29. The van der Waals surface area contributed by atoms with Gasteiger partial charge in [0.15, 0.2) is 5.13 Å². The van der Waals surface area contributed by atoms with Gasteiger partial charge in [0, 0.05) is 12.1 Å². The molecule has 4 N–H and O–H groups in total. The highest BCUT2D eigenvalue weighted by Gasteiger charge is 2.20. The van der Waals surface area contributed by atoms with Crippen molar-refractivity contribution in [1.29, 1.82) is 0 Å². The standard InChI is InChI=1S/C13H24N4OS/c1-12(2,3)7-15-10(18)8-9(14)16-11(19-8)17-13(4,5)6/h7,14H2,1-6H3,(H,15,18)(H,16,17). The summed E-state index contributed by atoms with van der Waals surface area (Å²) in [6.45, 7) is 12.9. The molecule has 0 aliphatic rings. The molecule has 0 radical (unpaired) electrons. The zero-order valence-electron chi connectivity index (χ0n) is 12.5. The number of hydrogen-bond donors (Lipinski definition) is 3. The second kappa shape index (κ2) is 5.36. The van der Waals surface area contributed by atoms with Crippen molar-refractivity contribution < 1.29 is 4.79 Å². The van der Waals surface area contributed by atoms with E-state index in [1.54, 1.807) is 0 Å². The number of nitrogen functional groups attached to an aromatic ring is 1. The fraction of sp³-hybridized carbons (Fsp3) is 0.692. The topological polar surface area (TPSA) is 80.0 Å². The predicted molar refractivity (Wildman–Crippen MR) is 81.7 cm³/mol. The van der Waals surface area contributed by atoms with Gasteiger partial charge in [-0.05, 0) is 26.2 Å². The summed E-state index contributed by atoms with van der Waals surface area (Å²) in [5.41, 5.74) is 5.73. The van der Waals surface area contributed by atoms with E-state index in [2.05, 4.69) is 36.4 Å². The minimum atomic E-state index is -0.160. The van der Waals surface area contributed by atoms with Gasteiger partial charge in [-0.25, -0.2) is 4.98 Å². The van der Waals surface area contributed by atoms with E-state index in [4.69, 9.17) is 5.73 Å². The van der Waals surface area contributed by atoms with Gasteiger partial charge in [0.2, 0.25) is 0 Å². The summed E-state index contributed by atoms with van der Waals surface area (Å²) in [6, 6.07) is 0. The molecule has 0 spiro atoms. The lowest BCUT2D eigenvalue weighted by molar-refractivity contribution is 0.0944. The number of anilines is 2. The van der Waals surface area contributed by atoms with Gasteiger partial charge in [0.25, 0.3) is 5.91 Å². The van der Waals surface area contributed by atoms with E-state index in [1.165, 1.54) is 11.3 Å². The number of thiazole rings is 1. The number of nitrogens with one attached hydrogen (secondary N) is 2. The summed E-state index contributed by atoms with van der Waals surface area (Å²) in [5, 5.41) is 6.77. The van der Waals surface area contributed by atoms with Crippen LogP contribution in [0, 0.1) is 5.41 Å². The van der Waals surface area contributed by atoms with E-state index in [0.29, 0.717) is 16.6 Å². The van der Waals surface area contributed by atoms with Crippen LogP contribution in [-0.4, -0.2) is 23.0 Å². The van der Waals surface area contributed by atoms with Crippen LogP contribution in [0.1, 0.15) is 51.2 Å². The maximum absolute atomic E-state index is 12.0. The van der Waals surface area contributed by atoms with Crippen LogP contribution in [0.3, 0.4) is 0 Å². The maximum atomic E-state index is 12.0. The highest BCUT2D eigenvalue weighted by atomic mass is 32.1. The maximum Gasteiger partial charge on any atom is 0.265 e. The molecule has 6 heteroatoms. The van der Waals surface area contributed by atoms with E-state index in [1.807, 2.05) is 20.8 Å². The van der Waals surface area contributed by atoms with E-state index in [0.717, 1.165) is 0 Å². The summed E-state index contributed by atoms with van der Waals surface area (Å²) in [6.07, 6.45) is 0. The Balaban J connectivity index is 2.76. The van der Waals surface area contributed by atoms with Crippen molar-refractivity contribution in [1.82, 2.24) is 10.3 Å². The highest BCUT2D eigenvalue weighted by molar-refractivity contribution is 7.18. The van der Waals surface area contributed by atoms with Crippen LogP contribution in [0.15, 0.2) is 0 Å². The number of amides is 1. The van der Waals surface area contributed by atoms with Gasteiger partial charge in [0.1, 0.15) is 10.7 Å². The number of aromatic nitrogens is 1. The van der Waals surface area contributed by atoms with Crippen LogP contribution in [0.25, 0.3) is 0 Å². The summed E-state index contributed by atoms with van der Waals surface area (Å²) < 4.78 is 0. The first-order valence-corrected chi connectivity index (χ1v) is 7.12. The minimum Gasteiger partial charge on any atom is -0.382 e. The fourth-order valence-corrected chi connectivity index (χ4v) is 2.30. The Morgan fingerprint density at radius 1 is 1.26 bits per heavy atom. The summed E-state index contributed by atoms with van der Waals surface area (Å²) in [5.74, 6) is 0.120. The second-order valence-corrected chi connectivity index (χ2v) is 7.85. The molecular weight excluding hydrogens is 260 g/mol. The molecule has 108 valence electrons. The molecule has 1 rings (SSSR count). The van der Waals surface area contributed by atoms with Crippen LogP contribution in [0.4, 0.5) is 10.9 Å². The molecule has 0 bridgehead atoms. The minimum absolute atomic E-state index is 0.0433. The first-order chi connectivity index (χ1) is 8.48. The molecule has 0 aliphatic heterocycles. The smallest absolute Gasteiger partial charge is 0.265 e. The van der Waals surface area contributed by atoms with Crippen LogP contribution < -0.4 is 16.4 Å². The Kier molecular flexibility index (Phi) is 4.45. The Hall–Kier alpha value is -1.30. The quantitative estimate of drug-likeness (QED) is 0.797. The average molecular weight is 284 g/mol. The summed E-state index contributed by atoms with van der Waals surface area (Å²) in [4.78, 5) is 16.7. The Morgan fingerprint density at radius 2 is 1.84 bits per heavy atom. The third-order valence-corrected chi connectivity index (χ3v) is 3.11. The number of nitrogens with two attached hydrogens (primary N) is 1. The van der Waals surface area contributed by atoms with Crippen LogP contribution >= 0.6 is 11.3 Å². The number of nitrogens with zero attached hydrogens (tertiary/aromatic N) is 1. The number of carbonyl (C=O) groups is 1. The molecule has 1 amide bonds. The number of rotatable bonds is 3. The highest BCUT2D eigenvalue weighted by Crippen LogP contribution is 2.27. The zero-order valence-corrected chi connectivity index (χ0v) is 13.4. The normalized spacial score (nSPS) is 12.3. The lowest BCUT2D eigenvalue weighted by Crippen LogP contribution is -2.32. The van der Waals surface area contributed by atoms with Gasteiger partial charge in [-0.3, -0.25) is 4.79 Å². The molecular formula is C13H24N4OS. The van der Waals surface area contributed by atoms with E-state index < -0.39 is 0 Å². The van der Waals surface area contributed by atoms with Crippen LogP contribution in [0.5, 0.6) is 0 Å². The number of hydrogen-bond acceptors (Lipinski definition) is 5. The largest absolute Gasteiger partial charge is 0.382 e. The molecule has 0 unspecified atom stereocenters. The third-order valence-electron chi connectivity index (χ3n) is 2.12. The first kappa shape index (κ1) is 15.8. The van der Waals surface area contributed by atoms with Crippen molar-refractivity contribution in [3.8, 4) is 0 Å². The van der Waals surface area contributed by atoms with Crippen LogP contribution in [-0.2, 0) is 0 Å². The van der Waals surface area contributed by atoms with Crippen molar-refractivity contribution in [3.63, 3.8) is 0 Å². The molecule has 19 heavy (non-hydrogen) atoms. The molecule has 1 aromatic rings. The molecule has 0 fully saturated rings. The van der Waals surface area contributed by atoms with Gasteiger partial charge in [-0.15, -0.1) is 0 Å². The van der Waals surface area contributed by atoms with E-state index in [9.17, 15) is 4.79 Å². The summed E-state index contributed by atoms with van der Waals surface area (Å²) >= 11 is 1.29. The van der Waals surface area contributed by atoms with Gasteiger partial charge < -0.3 is 16.4 Å². The first-order valence-electron chi connectivity index (χ1n) is 6.31.